The molecule has 17 heavy (non-hydrogen) atoms. The summed E-state index contributed by atoms with van der Waals surface area (Å²) in [6, 6.07) is 6.89. The topological polar surface area (TPSA) is 35.0 Å². The lowest BCUT2D eigenvalue weighted by molar-refractivity contribution is 0.308. The Morgan fingerprint density at radius 3 is 2.71 bits per heavy atom. The van der Waals surface area contributed by atoms with Crippen molar-refractivity contribution in [2.24, 2.45) is 0 Å². The van der Waals surface area contributed by atoms with E-state index < -0.39 is 5.95 Å². The lowest BCUT2D eigenvalue weighted by Crippen LogP contribution is -2.00. The van der Waals surface area contributed by atoms with Crippen LogP contribution in [0.3, 0.4) is 0 Å². The van der Waals surface area contributed by atoms with E-state index in [0.29, 0.717) is 12.4 Å². The maximum absolute atomic E-state index is 12.7. The van der Waals surface area contributed by atoms with Crippen molar-refractivity contribution in [1.29, 1.82) is 0 Å². The Bertz CT molecular complexity index is 462. The zero-order chi connectivity index (χ0) is 11.9. The molecule has 0 saturated carbocycles. The molecule has 0 spiro atoms. The average molecular weight is 232 g/mol. The Morgan fingerprint density at radius 2 is 1.94 bits per heavy atom. The molecule has 4 heteroatoms. The molecular weight excluding hydrogens is 219 g/mol. The van der Waals surface area contributed by atoms with E-state index in [1.807, 2.05) is 12.1 Å². The first kappa shape index (κ1) is 11.5. The minimum atomic E-state index is -0.517. The Morgan fingerprint density at radius 1 is 1.12 bits per heavy atom. The molecule has 0 N–H and O–H groups in total. The van der Waals surface area contributed by atoms with Crippen LogP contribution in [-0.2, 0) is 6.42 Å². The van der Waals surface area contributed by atoms with Gasteiger partial charge in [-0.1, -0.05) is 0 Å². The third kappa shape index (κ3) is 3.83. The van der Waals surface area contributed by atoms with Crippen LogP contribution in [0.1, 0.15) is 12.0 Å². The zero-order valence-corrected chi connectivity index (χ0v) is 9.34. The van der Waals surface area contributed by atoms with Gasteiger partial charge in [0.25, 0.3) is 0 Å². The molecule has 0 fully saturated rings. The first-order valence-corrected chi connectivity index (χ1v) is 5.48. The van der Waals surface area contributed by atoms with E-state index in [4.69, 9.17) is 4.74 Å². The molecule has 0 radical (unpaired) electrons. The molecule has 0 aliphatic rings. The summed E-state index contributed by atoms with van der Waals surface area (Å²) < 4.78 is 18.2. The zero-order valence-electron chi connectivity index (χ0n) is 9.34. The Balaban J connectivity index is 1.73. The summed E-state index contributed by atoms with van der Waals surface area (Å²) >= 11 is 0. The van der Waals surface area contributed by atoms with Crippen molar-refractivity contribution in [2.75, 3.05) is 6.61 Å². The molecule has 0 aromatic carbocycles. The summed E-state index contributed by atoms with van der Waals surface area (Å²) in [5.41, 5.74) is 1.23. The first-order valence-electron chi connectivity index (χ1n) is 5.48. The van der Waals surface area contributed by atoms with Gasteiger partial charge in [0.2, 0.25) is 5.95 Å². The van der Waals surface area contributed by atoms with Crippen LogP contribution >= 0.6 is 0 Å². The summed E-state index contributed by atoms with van der Waals surface area (Å²) in [7, 11) is 0. The van der Waals surface area contributed by atoms with Crippen LogP contribution in [-0.4, -0.2) is 16.6 Å². The van der Waals surface area contributed by atoms with Gasteiger partial charge in [0, 0.05) is 24.7 Å². The molecule has 0 saturated heterocycles. The van der Waals surface area contributed by atoms with Crippen molar-refractivity contribution >= 4 is 0 Å². The van der Waals surface area contributed by atoms with Crippen molar-refractivity contribution in [3.8, 4) is 5.75 Å². The van der Waals surface area contributed by atoms with Crippen LogP contribution in [0, 0.1) is 5.95 Å². The number of hydrogen-bond acceptors (Lipinski definition) is 3. The van der Waals surface area contributed by atoms with Crippen LogP contribution in [0.5, 0.6) is 5.75 Å². The highest BCUT2D eigenvalue weighted by molar-refractivity contribution is 5.17. The van der Waals surface area contributed by atoms with Gasteiger partial charge >= 0.3 is 0 Å². The molecule has 0 aliphatic heterocycles. The fourth-order valence-corrected chi connectivity index (χ4v) is 1.49. The van der Waals surface area contributed by atoms with Gasteiger partial charge in [0.1, 0.15) is 5.75 Å². The van der Waals surface area contributed by atoms with Gasteiger partial charge < -0.3 is 4.74 Å². The van der Waals surface area contributed by atoms with Crippen LogP contribution in [0.25, 0.3) is 0 Å². The average Bonchev–Trinajstić information content (AvgIpc) is 2.36. The highest BCUT2D eigenvalue weighted by Crippen LogP contribution is 2.10. The predicted octanol–water partition coefficient (Wildman–Crippen LogP) is 2.63. The molecule has 2 aromatic heterocycles. The van der Waals surface area contributed by atoms with E-state index in [1.54, 1.807) is 18.5 Å². The largest absolute Gasteiger partial charge is 0.493 e. The van der Waals surface area contributed by atoms with Crippen molar-refractivity contribution in [3.63, 3.8) is 0 Å². The highest BCUT2D eigenvalue weighted by atomic mass is 19.1. The van der Waals surface area contributed by atoms with E-state index in [0.717, 1.165) is 12.8 Å². The van der Waals surface area contributed by atoms with E-state index >= 15 is 0 Å². The molecule has 0 aliphatic carbocycles. The van der Waals surface area contributed by atoms with Crippen LogP contribution < -0.4 is 4.74 Å². The molecule has 0 bridgehead atoms. The Hall–Kier alpha value is -1.97. The van der Waals surface area contributed by atoms with Crippen molar-refractivity contribution < 1.29 is 9.13 Å². The van der Waals surface area contributed by atoms with Crippen LogP contribution in [0.4, 0.5) is 4.39 Å². The number of ether oxygens (including phenoxy) is 1. The molecule has 0 amide bonds. The van der Waals surface area contributed by atoms with Crippen molar-refractivity contribution in [2.45, 2.75) is 12.8 Å². The smallest absolute Gasteiger partial charge is 0.216 e. The maximum Gasteiger partial charge on any atom is 0.216 e. The number of nitrogens with zero attached hydrogens (tertiary/aromatic N) is 2. The van der Waals surface area contributed by atoms with Gasteiger partial charge in [-0.3, -0.25) is 4.98 Å². The molecule has 0 unspecified atom stereocenters. The lowest BCUT2D eigenvalue weighted by atomic mass is 10.1. The number of aromatic nitrogens is 2. The summed E-state index contributed by atoms with van der Waals surface area (Å²) in [6.45, 7) is 0.561. The van der Waals surface area contributed by atoms with E-state index in [-0.39, 0.29) is 0 Å². The van der Waals surface area contributed by atoms with Gasteiger partial charge in [-0.2, -0.15) is 4.39 Å². The number of aryl methyl sites for hydroxylation is 1. The van der Waals surface area contributed by atoms with Gasteiger partial charge in [-0.05, 0) is 36.6 Å². The molecule has 2 heterocycles. The van der Waals surface area contributed by atoms with E-state index in [2.05, 4.69) is 9.97 Å². The summed E-state index contributed by atoms with van der Waals surface area (Å²) in [4.78, 5) is 7.41. The van der Waals surface area contributed by atoms with Crippen LogP contribution in [0.15, 0.2) is 42.9 Å². The Labute approximate surface area is 99.3 Å². The van der Waals surface area contributed by atoms with Gasteiger partial charge in [0.15, 0.2) is 0 Å². The standard InChI is InChI=1S/C13H13FN2O/c14-13-10-12(5-8-16-13)17-9-1-2-11-3-6-15-7-4-11/h3-8,10H,1-2,9H2. The third-order valence-corrected chi connectivity index (χ3v) is 2.33. The highest BCUT2D eigenvalue weighted by Gasteiger charge is 1.97. The summed E-state index contributed by atoms with van der Waals surface area (Å²) in [6.07, 6.45) is 6.75. The fraction of sp³-hybridized carbons (Fsp3) is 0.231. The SMILES string of the molecule is Fc1cc(OCCCc2ccncc2)ccn1. The predicted molar refractivity (Wildman–Crippen MR) is 62.2 cm³/mol. The normalized spacial score (nSPS) is 10.2. The molecule has 88 valence electrons. The number of rotatable bonds is 5. The molecule has 2 aromatic rings. The number of hydrogen-bond donors (Lipinski definition) is 0. The van der Waals surface area contributed by atoms with E-state index in [9.17, 15) is 4.39 Å². The lowest BCUT2D eigenvalue weighted by Gasteiger charge is -2.05. The second kappa shape index (κ2) is 5.94. The van der Waals surface area contributed by atoms with Gasteiger partial charge in [-0.25, -0.2) is 4.98 Å². The van der Waals surface area contributed by atoms with Crippen molar-refractivity contribution in [1.82, 2.24) is 9.97 Å². The van der Waals surface area contributed by atoms with Gasteiger partial charge in [0.05, 0.1) is 6.61 Å². The quantitative estimate of drug-likeness (QED) is 0.587. The molecule has 2 rings (SSSR count). The summed E-state index contributed by atoms with van der Waals surface area (Å²) in [5.74, 6) is 0.00358. The minimum Gasteiger partial charge on any atom is -0.493 e. The monoisotopic (exact) mass is 232 g/mol. The number of pyridine rings is 2. The first-order chi connectivity index (χ1) is 8.34. The second-order valence-electron chi connectivity index (χ2n) is 3.62. The molecule has 3 nitrogen and oxygen atoms in total. The van der Waals surface area contributed by atoms with E-state index in [1.165, 1.54) is 17.8 Å². The second-order valence-corrected chi connectivity index (χ2v) is 3.62. The third-order valence-electron chi connectivity index (χ3n) is 2.33. The van der Waals surface area contributed by atoms with Crippen molar-refractivity contribution in [3.05, 3.63) is 54.4 Å². The van der Waals surface area contributed by atoms with Gasteiger partial charge in [-0.15, -0.1) is 0 Å². The number of halogens is 1. The fourth-order valence-electron chi connectivity index (χ4n) is 1.49. The summed E-state index contributed by atoms with van der Waals surface area (Å²) in [5, 5.41) is 0. The maximum atomic E-state index is 12.7. The molecular formula is C13H13FN2O. The Kier molecular flexibility index (Phi) is 4.02. The minimum absolute atomic E-state index is 0.517. The van der Waals surface area contributed by atoms with Crippen LogP contribution in [0.2, 0.25) is 0 Å². The molecule has 0 atom stereocenters.